The number of aliphatic imine (C=N–C) groups is 1. The molecule has 2 atom stereocenters. The van der Waals surface area contributed by atoms with Crippen molar-refractivity contribution < 1.29 is 17.9 Å². The van der Waals surface area contributed by atoms with E-state index < -0.39 is 26.5 Å². The number of carbonyl (C=O) groups excluding carboxylic acids is 1. The minimum Gasteiger partial charge on any atom is -0.493 e. The fourth-order valence-corrected chi connectivity index (χ4v) is 8.33. The van der Waals surface area contributed by atoms with Crippen LogP contribution >= 0.6 is 46.4 Å². The average Bonchev–Trinajstić information content (AvgIpc) is 3.57. The number of rotatable bonds is 7. The van der Waals surface area contributed by atoms with Gasteiger partial charge in [0, 0.05) is 29.2 Å². The molecule has 222 valence electrons. The monoisotopic (exact) mass is 667 g/mol. The van der Waals surface area contributed by atoms with Gasteiger partial charge in [-0.15, -0.1) is 0 Å². The van der Waals surface area contributed by atoms with Crippen LogP contribution in [0.2, 0.25) is 15.1 Å². The van der Waals surface area contributed by atoms with Crippen LogP contribution in [-0.4, -0.2) is 48.5 Å². The summed E-state index contributed by atoms with van der Waals surface area (Å²) < 4.78 is 34.7. The highest BCUT2D eigenvalue weighted by molar-refractivity contribution is 7.89. The molecule has 1 saturated heterocycles. The maximum Gasteiger partial charge on any atom is 0.322 e. The molecule has 7 nitrogen and oxygen atoms in total. The Labute approximate surface area is 266 Å². The van der Waals surface area contributed by atoms with Crippen molar-refractivity contribution >= 4 is 67.6 Å². The van der Waals surface area contributed by atoms with Crippen molar-refractivity contribution in [3.8, 4) is 5.75 Å². The summed E-state index contributed by atoms with van der Waals surface area (Å²) in [5.74, 6) is 0.409. The molecular weight excluding hydrogens is 640 g/mol. The zero-order valence-electron chi connectivity index (χ0n) is 23.2. The van der Waals surface area contributed by atoms with Gasteiger partial charge in [0.25, 0.3) is 0 Å². The van der Waals surface area contributed by atoms with Crippen LogP contribution in [0, 0.1) is 0 Å². The predicted octanol–water partition coefficient (Wildman–Crippen LogP) is 8.08. The molecule has 12 heteroatoms. The molecule has 0 saturated carbocycles. The number of ether oxygens (including phenoxy) is 1. The topological polar surface area (TPSA) is 79.3 Å². The quantitative estimate of drug-likeness (QED) is 0.188. The van der Waals surface area contributed by atoms with Gasteiger partial charge >= 0.3 is 5.37 Å². The van der Waals surface area contributed by atoms with Crippen LogP contribution < -0.4 is 4.74 Å². The van der Waals surface area contributed by atoms with Gasteiger partial charge in [-0.3, -0.25) is 14.7 Å². The van der Waals surface area contributed by atoms with E-state index in [0.29, 0.717) is 28.7 Å². The van der Waals surface area contributed by atoms with E-state index >= 15 is 0 Å². The zero-order valence-corrected chi connectivity index (χ0v) is 27.0. The molecular formula is C30H29Cl4N3O4S. The number of amidine groups is 1. The number of benzene rings is 3. The zero-order chi connectivity index (χ0) is 30.4. The summed E-state index contributed by atoms with van der Waals surface area (Å²) in [6.45, 7) is 6.60. The molecule has 1 fully saturated rings. The Bertz CT molecular complexity index is 1660. The van der Waals surface area contributed by atoms with Crippen LogP contribution in [0.5, 0.6) is 5.75 Å². The SMILES string of the molecule is CCOc1cc(Cl)c(S(=O)(=O)N2CCCC2)cc1C1=N[C@](C)(c2ccc(Cl)cc2)[C@](C)(c2ccc(Cl)cc2)N1C(=O)Cl. The number of hydrogen-bond acceptors (Lipinski definition) is 5. The molecule has 2 aliphatic rings. The first-order valence-electron chi connectivity index (χ1n) is 13.4. The van der Waals surface area contributed by atoms with Gasteiger partial charge in [-0.2, -0.15) is 4.31 Å². The Balaban J connectivity index is 1.81. The Hall–Kier alpha value is -2.33. The molecule has 0 aliphatic carbocycles. The van der Waals surface area contributed by atoms with Crippen LogP contribution in [0.4, 0.5) is 4.79 Å². The number of carbonyl (C=O) groups is 1. The lowest BCUT2D eigenvalue weighted by atomic mass is 9.71. The molecule has 2 heterocycles. The summed E-state index contributed by atoms with van der Waals surface area (Å²) in [5.41, 5.74) is -0.599. The average molecular weight is 669 g/mol. The third kappa shape index (κ3) is 5.10. The van der Waals surface area contributed by atoms with Crippen molar-refractivity contribution in [1.29, 1.82) is 0 Å². The second-order valence-corrected chi connectivity index (χ2v) is 14.0. The summed E-state index contributed by atoms with van der Waals surface area (Å²) in [4.78, 5) is 19.9. The van der Waals surface area contributed by atoms with Crippen molar-refractivity contribution in [1.82, 2.24) is 9.21 Å². The molecule has 0 bridgehead atoms. The first-order chi connectivity index (χ1) is 19.8. The second-order valence-electron chi connectivity index (χ2n) is 10.5. The molecule has 0 N–H and O–H groups in total. The van der Waals surface area contributed by atoms with E-state index in [4.69, 9.17) is 56.1 Å². The Kier molecular flexibility index (Phi) is 8.62. The molecule has 2 aliphatic heterocycles. The highest BCUT2D eigenvalue weighted by Gasteiger charge is 2.59. The molecule has 0 unspecified atom stereocenters. The van der Waals surface area contributed by atoms with E-state index in [9.17, 15) is 13.2 Å². The van der Waals surface area contributed by atoms with E-state index in [-0.39, 0.29) is 33.7 Å². The van der Waals surface area contributed by atoms with Crippen molar-refractivity contribution in [2.75, 3.05) is 19.7 Å². The summed E-state index contributed by atoms with van der Waals surface area (Å²) >= 11 is 25.4. The van der Waals surface area contributed by atoms with Gasteiger partial charge in [0.2, 0.25) is 10.0 Å². The van der Waals surface area contributed by atoms with Crippen LogP contribution in [0.1, 0.15) is 50.3 Å². The lowest BCUT2D eigenvalue weighted by Crippen LogP contribution is -2.53. The minimum absolute atomic E-state index is 0.0115. The largest absolute Gasteiger partial charge is 0.493 e. The second kappa shape index (κ2) is 11.6. The van der Waals surface area contributed by atoms with Gasteiger partial charge in [-0.05, 0) is 86.7 Å². The minimum atomic E-state index is -3.94. The third-order valence-corrected chi connectivity index (χ3v) is 11.2. The number of hydrogen-bond donors (Lipinski definition) is 0. The van der Waals surface area contributed by atoms with Crippen LogP contribution in [-0.2, 0) is 21.1 Å². The van der Waals surface area contributed by atoms with Gasteiger partial charge in [0.1, 0.15) is 27.6 Å². The first kappa shape index (κ1) is 31.1. The van der Waals surface area contributed by atoms with Gasteiger partial charge < -0.3 is 4.74 Å². The molecule has 1 amide bonds. The molecule has 0 spiro atoms. The van der Waals surface area contributed by atoms with Crippen molar-refractivity contribution in [3.63, 3.8) is 0 Å². The van der Waals surface area contributed by atoms with E-state index in [1.165, 1.54) is 21.3 Å². The molecule has 3 aromatic carbocycles. The summed E-state index contributed by atoms with van der Waals surface area (Å²) in [6, 6.07) is 17.2. The lowest BCUT2D eigenvalue weighted by Gasteiger charge is -2.44. The Morgan fingerprint density at radius 2 is 1.48 bits per heavy atom. The molecule has 42 heavy (non-hydrogen) atoms. The lowest BCUT2D eigenvalue weighted by molar-refractivity contribution is 0.149. The standard InChI is InChI=1S/C30H29Cl4N3O4S/c1-4-41-25-18-24(33)26(42(39,40)36-15-5-6-16-36)17-23(25)27-35-29(2,19-7-11-21(31)12-8-19)30(3,37(27)28(34)38)20-9-13-22(32)14-10-20/h7-14,17-18H,4-6,15-16H2,1-3H3/t29-,30+/m1/s1. The van der Waals surface area contributed by atoms with Gasteiger partial charge in [0.15, 0.2) is 0 Å². The van der Waals surface area contributed by atoms with Crippen molar-refractivity contribution in [2.24, 2.45) is 4.99 Å². The molecule has 0 radical (unpaired) electrons. The van der Waals surface area contributed by atoms with Crippen LogP contribution in [0.25, 0.3) is 0 Å². The van der Waals surface area contributed by atoms with E-state index in [1.807, 2.05) is 38.1 Å². The highest BCUT2D eigenvalue weighted by atomic mass is 35.5. The number of amides is 1. The molecule has 3 aromatic rings. The van der Waals surface area contributed by atoms with Gasteiger partial charge in [-0.1, -0.05) is 59.1 Å². The van der Waals surface area contributed by atoms with Crippen molar-refractivity contribution in [3.05, 3.63) is 92.4 Å². The maximum atomic E-state index is 13.7. The Morgan fingerprint density at radius 3 is 2.00 bits per heavy atom. The molecule has 0 aromatic heterocycles. The van der Waals surface area contributed by atoms with Crippen molar-refractivity contribution in [2.45, 2.75) is 49.6 Å². The van der Waals surface area contributed by atoms with Crippen LogP contribution in [0.15, 0.2) is 70.6 Å². The molecule has 5 rings (SSSR count). The smallest absolute Gasteiger partial charge is 0.322 e. The fourth-order valence-electron chi connectivity index (χ4n) is 5.79. The van der Waals surface area contributed by atoms with Gasteiger partial charge in [-0.25, -0.2) is 8.42 Å². The summed E-state index contributed by atoms with van der Waals surface area (Å²) in [6.07, 6.45) is 1.53. The fraction of sp³-hybridized carbons (Fsp3) is 0.333. The van der Waals surface area contributed by atoms with E-state index in [1.54, 1.807) is 31.2 Å². The highest BCUT2D eigenvalue weighted by Crippen LogP contribution is 2.54. The number of halogens is 4. The number of sulfonamides is 1. The van der Waals surface area contributed by atoms with Gasteiger partial charge in [0.05, 0.1) is 17.2 Å². The maximum absolute atomic E-state index is 13.7. The van der Waals surface area contributed by atoms with E-state index in [0.717, 1.165) is 18.4 Å². The summed E-state index contributed by atoms with van der Waals surface area (Å²) in [7, 11) is -3.94. The van der Waals surface area contributed by atoms with Crippen LogP contribution in [0.3, 0.4) is 0 Å². The normalized spacial score (nSPS) is 22.8. The number of nitrogens with zero attached hydrogens (tertiary/aromatic N) is 3. The third-order valence-electron chi connectivity index (χ3n) is 8.18. The predicted molar refractivity (Wildman–Crippen MR) is 168 cm³/mol. The summed E-state index contributed by atoms with van der Waals surface area (Å²) in [5, 5.41) is 0.255. The van der Waals surface area contributed by atoms with E-state index in [2.05, 4.69) is 0 Å². The Morgan fingerprint density at radius 1 is 0.929 bits per heavy atom. The first-order valence-corrected chi connectivity index (χ1v) is 16.4.